The van der Waals surface area contributed by atoms with E-state index >= 15 is 0 Å². The van der Waals surface area contributed by atoms with Gasteiger partial charge in [0.25, 0.3) is 0 Å². The summed E-state index contributed by atoms with van der Waals surface area (Å²) in [5, 5.41) is 0. The van der Waals surface area contributed by atoms with Crippen LogP contribution in [0.2, 0.25) is 0 Å². The zero-order valence-electron chi connectivity index (χ0n) is 7.72. The van der Waals surface area contributed by atoms with E-state index in [0.29, 0.717) is 0 Å². The lowest BCUT2D eigenvalue weighted by atomic mass is 10.3. The van der Waals surface area contributed by atoms with E-state index in [1.165, 1.54) is 12.8 Å². The maximum absolute atomic E-state index is 2.27. The Morgan fingerprint density at radius 3 is 2.10 bits per heavy atom. The summed E-state index contributed by atoms with van der Waals surface area (Å²) < 4.78 is 1.03. The number of allylic oxidation sites excluding steroid dienone is 1. The molecule has 0 atom stereocenters. The fourth-order valence-electron chi connectivity index (χ4n) is 0.675. The molecule has 0 N–H and O–H groups in total. The maximum atomic E-state index is 2.27. The molecule has 0 aliphatic rings. The average molecular weight is 142 g/mol. The van der Waals surface area contributed by atoms with Gasteiger partial charge in [-0.05, 0) is 12.5 Å². The Bertz CT molecular complexity index is 97.8. The van der Waals surface area contributed by atoms with Gasteiger partial charge in [0.2, 0.25) is 0 Å². The van der Waals surface area contributed by atoms with Crippen LogP contribution >= 0.6 is 0 Å². The van der Waals surface area contributed by atoms with E-state index in [0.717, 1.165) is 11.0 Å². The molecule has 0 bridgehead atoms. The van der Waals surface area contributed by atoms with Crippen molar-refractivity contribution in [1.29, 1.82) is 0 Å². The highest BCUT2D eigenvalue weighted by Gasteiger charge is 2.00. The molecule has 1 nitrogen and oxygen atoms in total. The van der Waals surface area contributed by atoms with Gasteiger partial charge < -0.3 is 4.48 Å². The van der Waals surface area contributed by atoms with E-state index in [1.54, 1.807) is 0 Å². The lowest BCUT2D eigenvalue weighted by Gasteiger charge is -2.21. The predicted octanol–water partition coefficient (Wildman–Crippen LogP) is 2.05. The van der Waals surface area contributed by atoms with Crippen LogP contribution in [0.1, 0.15) is 19.8 Å². The molecule has 1 heteroatoms. The fraction of sp³-hybridized carbons (Fsp3) is 0.778. The van der Waals surface area contributed by atoms with Crippen molar-refractivity contribution in [2.75, 3.05) is 27.7 Å². The van der Waals surface area contributed by atoms with Gasteiger partial charge >= 0.3 is 0 Å². The number of rotatable bonds is 4. The van der Waals surface area contributed by atoms with Gasteiger partial charge in [-0.25, -0.2) is 0 Å². The second kappa shape index (κ2) is 4.51. The van der Waals surface area contributed by atoms with Crippen LogP contribution in [0.15, 0.2) is 12.2 Å². The Labute approximate surface area is 64.9 Å². The Balaban J connectivity index is 3.34. The first kappa shape index (κ1) is 9.70. The average Bonchev–Trinajstić information content (AvgIpc) is 1.78. The van der Waals surface area contributed by atoms with Crippen molar-refractivity contribution in [2.24, 2.45) is 0 Å². The minimum Gasteiger partial charge on any atom is -0.328 e. The van der Waals surface area contributed by atoms with E-state index in [1.807, 2.05) is 0 Å². The van der Waals surface area contributed by atoms with Crippen LogP contribution in [0.5, 0.6) is 0 Å². The molecule has 0 rings (SSSR count). The molecule has 0 saturated carbocycles. The minimum atomic E-state index is 1.03. The van der Waals surface area contributed by atoms with Gasteiger partial charge in [-0.1, -0.05) is 19.4 Å². The van der Waals surface area contributed by atoms with Gasteiger partial charge in [-0.15, -0.1) is 0 Å². The molecule has 60 valence electrons. The van der Waals surface area contributed by atoms with Gasteiger partial charge in [0.05, 0.1) is 27.7 Å². The first-order chi connectivity index (χ1) is 4.56. The number of quaternary nitrogens is 1. The van der Waals surface area contributed by atoms with Crippen molar-refractivity contribution < 1.29 is 4.48 Å². The number of likely N-dealkylation sites (N-methyl/N-ethyl adjacent to an activating group) is 1. The van der Waals surface area contributed by atoms with Crippen LogP contribution in [-0.4, -0.2) is 32.2 Å². The predicted molar refractivity (Wildman–Crippen MR) is 46.9 cm³/mol. The summed E-state index contributed by atoms with van der Waals surface area (Å²) in [6, 6.07) is 0. The molecule has 0 amide bonds. The zero-order chi connectivity index (χ0) is 8.04. The number of unbranched alkanes of at least 4 members (excludes halogenated alkanes) is 1. The van der Waals surface area contributed by atoms with Crippen molar-refractivity contribution in [1.82, 2.24) is 0 Å². The van der Waals surface area contributed by atoms with Crippen LogP contribution in [0, 0.1) is 0 Å². The number of hydrogen-bond acceptors (Lipinski definition) is 0. The third-order valence-corrected chi connectivity index (χ3v) is 1.28. The van der Waals surface area contributed by atoms with Gasteiger partial charge in [0, 0.05) is 0 Å². The fourth-order valence-corrected chi connectivity index (χ4v) is 0.675. The topological polar surface area (TPSA) is 0 Å². The minimum absolute atomic E-state index is 1.03. The van der Waals surface area contributed by atoms with Crippen molar-refractivity contribution in [2.45, 2.75) is 19.8 Å². The number of hydrogen-bond donors (Lipinski definition) is 0. The highest BCUT2D eigenvalue weighted by atomic mass is 15.3. The molecule has 0 aliphatic heterocycles. The molecule has 0 aromatic heterocycles. The first-order valence-corrected chi connectivity index (χ1v) is 4.01. The van der Waals surface area contributed by atoms with Crippen molar-refractivity contribution in [3.63, 3.8) is 0 Å². The summed E-state index contributed by atoms with van der Waals surface area (Å²) in [4.78, 5) is 0. The van der Waals surface area contributed by atoms with E-state index in [4.69, 9.17) is 0 Å². The smallest absolute Gasteiger partial charge is 0.0967 e. The van der Waals surface area contributed by atoms with Gasteiger partial charge in [0.1, 0.15) is 0 Å². The highest BCUT2D eigenvalue weighted by Crippen LogP contribution is 1.93. The van der Waals surface area contributed by atoms with Gasteiger partial charge in [-0.2, -0.15) is 0 Å². The summed E-state index contributed by atoms with van der Waals surface area (Å²) >= 11 is 0. The third kappa shape index (κ3) is 7.70. The molecular formula is C9H20N+. The van der Waals surface area contributed by atoms with Crippen LogP contribution < -0.4 is 0 Å². The normalized spacial score (nSPS) is 12.8. The van der Waals surface area contributed by atoms with Crippen LogP contribution in [0.3, 0.4) is 0 Å². The zero-order valence-corrected chi connectivity index (χ0v) is 7.72. The summed E-state index contributed by atoms with van der Waals surface area (Å²) in [5.74, 6) is 0. The van der Waals surface area contributed by atoms with E-state index in [-0.39, 0.29) is 0 Å². The van der Waals surface area contributed by atoms with Crippen LogP contribution in [0.25, 0.3) is 0 Å². The van der Waals surface area contributed by atoms with E-state index in [2.05, 4.69) is 40.2 Å². The summed E-state index contributed by atoms with van der Waals surface area (Å²) in [6.07, 6.45) is 7.01. The Kier molecular flexibility index (Phi) is 4.37. The quantitative estimate of drug-likeness (QED) is 0.416. The SMILES string of the molecule is CCC/C=C/C[N+](C)(C)C. The molecular weight excluding hydrogens is 122 g/mol. The Morgan fingerprint density at radius 1 is 1.10 bits per heavy atom. The van der Waals surface area contributed by atoms with Gasteiger partial charge in [0.15, 0.2) is 0 Å². The lowest BCUT2D eigenvalue weighted by molar-refractivity contribution is -0.864. The second-order valence-electron chi connectivity index (χ2n) is 3.73. The molecule has 0 saturated heterocycles. The number of nitrogens with zero attached hydrogens (tertiary/aromatic N) is 1. The molecule has 0 unspecified atom stereocenters. The summed E-state index contributed by atoms with van der Waals surface area (Å²) in [7, 11) is 6.61. The van der Waals surface area contributed by atoms with Crippen molar-refractivity contribution >= 4 is 0 Å². The van der Waals surface area contributed by atoms with Crippen molar-refractivity contribution in [3.05, 3.63) is 12.2 Å². The molecule has 0 fully saturated rings. The molecule has 0 radical (unpaired) electrons. The third-order valence-electron chi connectivity index (χ3n) is 1.28. The first-order valence-electron chi connectivity index (χ1n) is 4.01. The molecule has 0 spiro atoms. The summed E-state index contributed by atoms with van der Waals surface area (Å²) in [6.45, 7) is 3.34. The van der Waals surface area contributed by atoms with Crippen molar-refractivity contribution in [3.8, 4) is 0 Å². The maximum Gasteiger partial charge on any atom is 0.0967 e. The molecule has 0 heterocycles. The molecule has 0 aromatic rings. The highest BCUT2D eigenvalue weighted by molar-refractivity contribution is 4.80. The molecule has 10 heavy (non-hydrogen) atoms. The van der Waals surface area contributed by atoms with E-state index < -0.39 is 0 Å². The summed E-state index contributed by atoms with van der Waals surface area (Å²) in [5.41, 5.74) is 0. The monoisotopic (exact) mass is 142 g/mol. The van der Waals surface area contributed by atoms with Gasteiger partial charge in [-0.3, -0.25) is 0 Å². The standard InChI is InChI=1S/C9H20N/c1-5-6-7-8-9-10(2,3)4/h7-8H,5-6,9H2,1-4H3/q+1/b8-7+. The largest absolute Gasteiger partial charge is 0.328 e. The lowest BCUT2D eigenvalue weighted by Crippen LogP contribution is -2.34. The second-order valence-corrected chi connectivity index (χ2v) is 3.73. The molecule has 0 aromatic carbocycles. The van der Waals surface area contributed by atoms with Crippen LogP contribution in [-0.2, 0) is 0 Å². The molecule has 0 aliphatic carbocycles. The Hall–Kier alpha value is -0.300. The Morgan fingerprint density at radius 2 is 1.70 bits per heavy atom. The van der Waals surface area contributed by atoms with E-state index in [9.17, 15) is 0 Å². The van der Waals surface area contributed by atoms with Crippen LogP contribution in [0.4, 0.5) is 0 Å².